The van der Waals surface area contributed by atoms with Crippen LogP contribution in [0.5, 0.6) is 11.5 Å². The van der Waals surface area contributed by atoms with Crippen LogP contribution < -0.4 is 14.2 Å². The number of hydrogen-bond acceptors (Lipinski definition) is 6. The first-order valence-corrected chi connectivity index (χ1v) is 7.30. The van der Waals surface area contributed by atoms with Gasteiger partial charge in [-0.15, -0.1) is 0 Å². The summed E-state index contributed by atoms with van der Waals surface area (Å²) in [4.78, 5) is 11.1. The van der Waals surface area contributed by atoms with E-state index in [0.29, 0.717) is 5.75 Å². The van der Waals surface area contributed by atoms with Gasteiger partial charge in [0.05, 0.1) is 20.8 Å². The van der Waals surface area contributed by atoms with Crippen molar-refractivity contribution in [3.8, 4) is 11.5 Å². The molecule has 0 unspecified atom stereocenters. The van der Waals surface area contributed by atoms with E-state index < -0.39 is 22.5 Å². The third kappa shape index (κ3) is 4.10. The second-order valence-corrected chi connectivity index (χ2v) is 5.38. The molecule has 0 radical (unpaired) electrons. The molecule has 0 atom stereocenters. The van der Waals surface area contributed by atoms with Crippen LogP contribution in [0.1, 0.15) is 6.92 Å². The fourth-order valence-corrected chi connectivity index (χ4v) is 2.56. The molecule has 1 rings (SSSR count). The fourth-order valence-electron chi connectivity index (χ4n) is 1.44. The molecule has 7 nitrogen and oxygen atoms in total. The number of carbonyl (C=O) groups excluding carboxylic acids is 1. The Labute approximate surface area is 117 Å². The van der Waals surface area contributed by atoms with Gasteiger partial charge < -0.3 is 14.2 Å². The summed E-state index contributed by atoms with van der Waals surface area (Å²) in [5.74, 6) is -0.0598. The van der Waals surface area contributed by atoms with Crippen LogP contribution >= 0.6 is 0 Å². The summed E-state index contributed by atoms with van der Waals surface area (Å²) in [5.41, 5.74) is 0. The monoisotopic (exact) mass is 303 g/mol. The SMILES string of the molecule is CCOC(=O)CNS(=O)(=O)c1ccc(OC)cc1OC. The maximum Gasteiger partial charge on any atom is 0.321 e. The predicted octanol–water partition coefficient (Wildman–Crippen LogP) is 0.545. The van der Waals surface area contributed by atoms with Gasteiger partial charge in [0.1, 0.15) is 22.9 Å². The summed E-state index contributed by atoms with van der Waals surface area (Å²) in [6, 6.07) is 4.27. The third-order valence-corrected chi connectivity index (χ3v) is 3.81. The molecule has 0 aliphatic rings. The van der Waals surface area contributed by atoms with E-state index in [0.717, 1.165) is 0 Å². The maximum atomic E-state index is 12.1. The molecule has 0 spiro atoms. The van der Waals surface area contributed by atoms with Crippen LogP contribution in [0.4, 0.5) is 0 Å². The molecule has 0 bridgehead atoms. The average Bonchev–Trinajstić information content (AvgIpc) is 2.44. The summed E-state index contributed by atoms with van der Waals surface area (Å²) >= 11 is 0. The van der Waals surface area contributed by atoms with Gasteiger partial charge >= 0.3 is 5.97 Å². The lowest BCUT2D eigenvalue weighted by Crippen LogP contribution is -2.31. The predicted molar refractivity (Wildman–Crippen MR) is 71.4 cm³/mol. The molecular formula is C12H17NO6S. The highest BCUT2D eigenvalue weighted by molar-refractivity contribution is 7.89. The number of esters is 1. The first-order valence-electron chi connectivity index (χ1n) is 5.82. The second kappa shape index (κ2) is 7.11. The van der Waals surface area contributed by atoms with Crippen LogP contribution in [0, 0.1) is 0 Å². The fraction of sp³-hybridized carbons (Fsp3) is 0.417. The van der Waals surface area contributed by atoms with Crippen LogP contribution in [0.25, 0.3) is 0 Å². The standard InChI is InChI=1S/C12H17NO6S/c1-4-19-12(14)8-13-20(15,16)11-6-5-9(17-2)7-10(11)18-3/h5-7,13H,4,8H2,1-3H3. The van der Waals surface area contributed by atoms with Gasteiger partial charge in [-0.2, -0.15) is 4.72 Å². The largest absolute Gasteiger partial charge is 0.497 e. The van der Waals surface area contributed by atoms with E-state index in [4.69, 9.17) is 9.47 Å². The highest BCUT2D eigenvalue weighted by Gasteiger charge is 2.21. The minimum absolute atomic E-state index is 0.0786. The van der Waals surface area contributed by atoms with E-state index in [-0.39, 0.29) is 17.3 Å². The zero-order valence-electron chi connectivity index (χ0n) is 11.5. The minimum Gasteiger partial charge on any atom is -0.497 e. The molecule has 8 heteroatoms. The first kappa shape index (κ1) is 16.3. The first-order chi connectivity index (χ1) is 9.44. The Hall–Kier alpha value is -1.80. The Morgan fingerprint density at radius 1 is 1.25 bits per heavy atom. The van der Waals surface area contributed by atoms with Crippen LogP contribution in [0.2, 0.25) is 0 Å². The third-order valence-electron chi connectivity index (χ3n) is 2.37. The van der Waals surface area contributed by atoms with Gasteiger partial charge in [-0.3, -0.25) is 4.79 Å². The summed E-state index contributed by atoms with van der Waals surface area (Å²) in [6.45, 7) is 1.39. The van der Waals surface area contributed by atoms with Crippen molar-refractivity contribution >= 4 is 16.0 Å². The van der Waals surface area contributed by atoms with Gasteiger partial charge in [-0.1, -0.05) is 0 Å². The molecular weight excluding hydrogens is 286 g/mol. The number of benzene rings is 1. The Kier molecular flexibility index (Phi) is 5.78. The molecule has 20 heavy (non-hydrogen) atoms. The minimum atomic E-state index is -3.87. The molecule has 1 aromatic carbocycles. The number of ether oxygens (including phenoxy) is 3. The van der Waals surface area contributed by atoms with E-state index >= 15 is 0 Å². The van der Waals surface area contributed by atoms with E-state index in [1.807, 2.05) is 0 Å². The molecule has 0 aromatic heterocycles. The molecule has 0 aliphatic heterocycles. The lowest BCUT2D eigenvalue weighted by molar-refractivity contribution is -0.141. The second-order valence-electron chi connectivity index (χ2n) is 3.65. The highest BCUT2D eigenvalue weighted by Crippen LogP contribution is 2.28. The van der Waals surface area contributed by atoms with Gasteiger partial charge in [-0.25, -0.2) is 8.42 Å². The Balaban J connectivity index is 2.94. The van der Waals surface area contributed by atoms with Crippen molar-refractivity contribution < 1.29 is 27.4 Å². The van der Waals surface area contributed by atoms with Gasteiger partial charge in [-0.05, 0) is 19.1 Å². The summed E-state index contributed by atoms with van der Waals surface area (Å²) in [5, 5.41) is 0. The summed E-state index contributed by atoms with van der Waals surface area (Å²) in [6.07, 6.45) is 0. The van der Waals surface area contributed by atoms with Crippen LogP contribution in [0.3, 0.4) is 0 Å². The molecule has 0 amide bonds. The highest BCUT2D eigenvalue weighted by atomic mass is 32.2. The van der Waals surface area contributed by atoms with Crippen molar-refractivity contribution in [1.82, 2.24) is 4.72 Å². The molecule has 112 valence electrons. The molecule has 0 saturated carbocycles. The molecule has 0 heterocycles. The maximum absolute atomic E-state index is 12.1. The van der Waals surface area contributed by atoms with E-state index in [9.17, 15) is 13.2 Å². The Morgan fingerprint density at radius 2 is 1.95 bits per heavy atom. The van der Waals surface area contributed by atoms with Gasteiger partial charge in [0.25, 0.3) is 0 Å². The average molecular weight is 303 g/mol. The van der Waals surface area contributed by atoms with E-state index in [2.05, 4.69) is 9.46 Å². The number of methoxy groups -OCH3 is 2. The van der Waals surface area contributed by atoms with Gasteiger partial charge in [0.15, 0.2) is 0 Å². The van der Waals surface area contributed by atoms with Gasteiger partial charge in [0, 0.05) is 6.07 Å². The Morgan fingerprint density at radius 3 is 2.50 bits per heavy atom. The molecule has 1 N–H and O–H groups in total. The topological polar surface area (TPSA) is 90.9 Å². The normalized spacial score (nSPS) is 10.9. The van der Waals surface area contributed by atoms with Crippen molar-refractivity contribution in [3.63, 3.8) is 0 Å². The zero-order valence-corrected chi connectivity index (χ0v) is 12.3. The van der Waals surface area contributed by atoms with E-state index in [1.54, 1.807) is 6.92 Å². The number of nitrogens with one attached hydrogen (secondary N) is 1. The smallest absolute Gasteiger partial charge is 0.321 e. The molecule has 0 saturated heterocycles. The van der Waals surface area contributed by atoms with Crippen molar-refractivity contribution in [2.24, 2.45) is 0 Å². The van der Waals surface area contributed by atoms with Crippen molar-refractivity contribution in [3.05, 3.63) is 18.2 Å². The van der Waals surface area contributed by atoms with Crippen LogP contribution in [0.15, 0.2) is 23.1 Å². The Bertz CT molecular complexity index is 569. The summed E-state index contributed by atoms with van der Waals surface area (Å²) < 4.78 is 41.0. The number of sulfonamides is 1. The van der Waals surface area contributed by atoms with Crippen LogP contribution in [-0.4, -0.2) is 41.8 Å². The van der Waals surface area contributed by atoms with Crippen LogP contribution in [-0.2, 0) is 19.6 Å². The lowest BCUT2D eigenvalue weighted by atomic mass is 10.3. The van der Waals surface area contributed by atoms with Gasteiger partial charge in [0.2, 0.25) is 10.0 Å². The molecule has 0 aliphatic carbocycles. The number of rotatable bonds is 7. The van der Waals surface area contributed by atoms with E-state index in [1.165, 1.54) is 32.4 Å². The number of carbonyl (C=O) groups is 1. The number of hydrogen-bond donors (Lipinski definition) is 1. The van der Waals surface area contributed by atoms with Crippen molar-refractivity contribution in [2.75, 3.05) is 27.4 Å². The molecule has 1 aromatic rings. The van der Waals surface area contributed by atoms with Crippen molar-refractivity contribution in [1.29, 1.82) is 0 Å². The molecule has 0 fully saturated rings. The lowest BCUT2D eigenvalue weighted by Gasteiger charge is -2.11. The van der Waals surface area contributed by atoms with Crippen molar-refractivity contribution in [2.45, 2.75) is 11.8 Å². The zero-order chi connectivity index (χ0) is 15.2. The quantitative estimate of drug-likeness (QED) is 0.740. The summed E-state index contributed by atoms with van der Waals surface area (Å²) in [7, 11) is -1.07.